The first kappa shape index (κ1) is 16.8. The highest BCUT2D eigenvalue weighted by Gasteiger charge is 2.29. The zero-order valence-corrected chi connectivity index (χ0v) is 13.3. The Hall–Kier alpha value is -1.59. The molecular weight excluding hydrogens is 304 g/mol. The molecule has 0 saturated carbocycles. The Morgan fingerprint density at radius 2 is 2.14 bits per heavy atom. The summed E-state index contributed by atoms with van der Waals surface area (Å²) >= 11 is 6.12. The van der Waals surface area contributed by atoms with Crippen LogP contribution in [0.4, 0.5) is 0 Å². The minimum atomic E-state index is -0.855. The Bertz CT molecular complexity index is 550. The molecular formula is C16H21ClN2O3. The molecule has 2 rings (SSSR count). The third-order valence-corrected chi connectivity index (χ3v) is 4.34. The van der Waals surface area contributed by atoms with Gasteiger partial charge in [-0.15, -0.1) is 0 Å². The predicted molar refractivity (Wildman–Crippen MR) is 84.9 cm³/mol. The molecule has 1 amide bonds. The van der Waals surface area contributed by atoms with Gasteiger partial charge < -0.3 is 10.4 Å². The van der Waals surface area contributed by atoms with Gasteiger partial charge in [-0.1, -0.05) is 36.2 Å². The summed E-state index contributed by atoms with van der Waals surface area (Å²) in [6.45, 7) is 2.61. The molecule has 0 aliphatic carbocycles. The van der Waals surface area contributed by atoms with Crippen LogP contribution in [-0.4, -0.2) is 41.0 Å². The van der Waals surface area contributed by atoms with Gasteiger partial charge in [-0.3, -0.25) is 14.5 Å². The molecule has 120 valence electrons. The lowest BCUT2D eigenvalue weighted by atomic mass is 10.0. The van der Waals surface area contributed by atoms with E-state index in [1.165, 1.54) is 0 Å². The number of amides is 1. The molecule has 1 heterocycles. The molecule has 1 aliphatic rings. The molecule has 2 N–H and O–H groups in total. The Labute approximate surface area is 135 Å². The summed E-state index contributed by atoms with van der Waals surface area (Å²) in [6.07, 6.45) is 2.42. The summed E-state index contributed by atoms with van der Waals surface area (Å²) < 4.78 is 0. The average Bonchev–Trinajstić information content (AvgIpc) is 2.47. The number of nitrogens with one attached hydrogen (secondary N) is 1. The number of carboxylic acid groups (broad SMARTS) is 1. The van der Waals surface area contributed by atoms with Crippen LogP contribution in [0, 0.1) is 0 Å². The van der Waals surface area contributed by atoms with Crippen molar-refractivity contribution in [2.24, 2.45) is 0 Å². The van der Waals surface area contributed by atoms with Crippen LogP contribution in [0.25, 0.3) is 0 Å². The number of halogens is 1. The van der Waals surface area contributed by atoms with Gasteiger partial charge in [0.05, 0.1) is 12.6 Å². The third kappa shape index (κ3) is 4.21. The van der Waals surface area contributed by atoms with E-state index < -0.39 is 12.0 Å². The number of aliphatic carboxylic acids is 1. The van der Waals surface area contributed by atoms with E-state index in [-0.39, 0.29) is 18.5 Å². The number of rotatable bonds is 5. The van der Waals surface area contributed by atoms with Crippen LogP contribution in [0.15, 0.2) is 24.3 Å². The SMILES string of the molecule is CC(NC(=O)CN1CCCCC1C(=O)O)c1ccccc1Cl. The van der Waals surface area contributed by atoms with Crippen molar-refractivity contribution < 1.29 is 14.7 Å². The van der Waals surface area contributed by atoms with Crippen molar-refractivity contribution in [3.63, 3.8) is 0 Å². The molecule has 0 spiro atoms. The molecule has 6 heteroatoms. The minimum Gasteiger partial charge on any atom is -0.480 e. The molecule has 5 nitrogen and oxygen atoms in total. The zero-order valence-electron chi connectivity index (χ0n) is 12.6. The van der Waals surface area contributed by atoms with E-state index in [4.69, 9.17) is 11.6 Å². The number of hydrogen-bond acceptors (Lipinski definition) is 3. The Balaban J connectivity index is 1.94. The first-order valence-corrected chi connectivity index (χ1v) is 7.87. The lowest BCUT2D eigenvalue weighted by molar-refractivity contribution is -0.145. The van der Waals surface area contributed by atoms with Gasteiger partial charge in [0.1, 0.15) is 6.04 Å². The monoisotopic (exact) mass is 324 g/mol. The molecule has 0 radical (unpaired) electrons. The minimum absolute atomic E-state index is 0.103. The second-order valence-corrected chi connectivity index (χ2v) is 6.04. The van der Waals surface area contributed by atoms with E-state index in [1.54, 1.807) is 11.0 Å². The summed E-state index contributed by atoms with van der Waals surface area (Å²) in [4.78, 5) is 25.2. The Morgan fingerprint density at radius 3 is 2.82 bits per heavy atom. The maximum Gasteiger partial charge on any atom is 0.320 e. The first-order valence-electron chi connectivity index (χ1n) is 7.49. The van der Waals surface area contributed by atoms with Gasteiger partial charge >= 0.3 is 5.97 Å². The number of piperidine rings is 1. The van der Waals surface area contributed by atoms with Crippen molar-refractivity contribution in [2.75, 3.05) is 13.1 Å². The van der Waals surface area contributed by atoms with Crippen LogP contribution in [0.1, 0.15) is 37.8 Å². The standard InChI is InChI=1S/C16H21ClN2O3/c1-11(12-6-2-3-7-13(12)17)18-15(20)10-19-9-5-4-8-14(19)16(21)22/h2-3,6-7,11,14H,4-5,8-10H2,1H3,(H,18,20)(H,21,22). The van der Waals surface area contributed by atoms with Crippen molar-refractivity contribution >= 4 is 23.5 Å². The number of carbonyl (C=O) groups is 2. The number of carbonyl (C=O) groups excluding carboxylic acids is 1. The number of nitrogens with zero attached hydrogens (tertiary/aromatic N) is 1. The van der Waals surface area contributed by atoms with Gasteiger partial charge in [0.25, 0.3) is 0 Å². The lowest BCUT2D eigenvalue weighted by Gasteiger charge is -2.32. The predicted octanol–water partition coefficient (Wildman–Crippen LogP) is 2.46. The first-order chi connectivity index (χ1) is 10.5. The summed E-state index contributed by atoms with van der Waals surface area (Å²) in [5.41, 5.74) is 0.853. The second kappa shape index (κ2) is 7.61. The highest BCUT2D eigenvalue weighted by Crippen LogP contribution is 2.22. The van der Waals surface area contributed by atoms with Gasteiger partial charge in [-0.05, 0) is 37.9 Å². The number of carboxylic acids is 1. The molecule has 0 aromatic heterocycles. The molecule has 1 aromatic carbocycles. The molecule has 2 atom stereocenters. The third-order valence-electron chi connectivity index (χ3n) is 3.99. The Morgan fingerprint density at radius 1 is 1.41 bits per heavy atom. The summed E-state index contributed by atoms with van der Waals surface area (Å²) in [6, 6.07) is 6.59. The van der Waals surface area contributed by atoms with Crippen molar-refractivity contribution in [3.8, 4) is 0 Å². The normalized spacial score (nSPS) is 20.4. The highest BCUT2D eigenvalue weighted by atomic mass is 35.5. The zero-order chi connectivity index (χ0) is 16.1. The van der Waals surface area contributed by atoms with E-state index in [1.807, 2.05) is 25.1 Å². The van der Waals surface area contributed by atoms with Crippen LogP contribution in [0.3, 0.4) is 0 Å². The van der Waals surface area contributed by atoms with Crippen LogP contribution < -0.4 is 5.32 Å². The van der Waals surface area contributed by atoms with Crippen LogP contribution in [0.2, 0.25) is 5.02 Å². The van der Waals surface area contributed by atoms with Gasteiger partial charge in [-0.2, -0.15) is 0 Å². The maximum absolute atomic E-state index is 12.2. The maximum atomic E-state index is 12.2. The van der Waals surface area contributed by atoms with Crippen molar-refractivity contribution in [1.29, 1.82) is 0 Å². The quantitative estimate of drug-likeness (QED) is 0.873. The molecule has 1 fully saturated rings. The average molecular weight is 325 g/mol. The largest absolute Gasteiger partial charge is 0.480 e. The van der Waals surface area contributed by atoms with Crippen molar-refractivity contribution in [1.82, 2.24) is 10.2 Å². The highest BCUT2D eigenvalue weighted by molar-refractivity contribution is 6.31. The van der Waals surface area contributed by atoms with E-state index in [0.29, 0.717) is 18.0 Å². The smallest absolute Gasteiger partial charge is 0.320 e. The van der Waals surface area contributed by atoms with Gasteiger partial charge in [0.2, 0.25) is 5.91 Å². The molecule has 1 aliphatic heterocycles. The van der Waals surface area contributed by atoms with Gasteiger partial charge in [-0.25, -0.2) is 0 Å². The summed E-state index contributed by atoms with van der Waals surface area (Å²) in [5.74, 6) is -1.03. The molecule has 1 aromatic rings. The molecule has 22 heavy (non-hydrogen) atoms. The van der Waals surface area contributed by atoms with E-state index in [9.17, 15) is 14.7 Å². The van der Waals surface area contributed by atoms with E-state index >= 15 is 0 Å². The van der Waals surface area contributed by atoms with Gasteiger partial charge in [0.15, 0.2) is 0 Å². The fraction of sp³-hybridized carbons (Fsp3) is 0.500. The van der Waals surface area contributed by atoms with Crippen LogP contribution in [0.5, 0.6) is 0 Å². The van der Waals surface area contributed by atoms with E-state index in [2.05, 4.69) is 5.32 Å². The fourth-order valence-electron chi connectivity index (χ4n) is 2.84. The second-order valence-electron chi connectivity index (χ2n) is 5.63. The van der Waals surface area contributed by atoms with Crippen molar-refractivity contribution in [3.05, 3.63) is 34.9 Å². The molecule has 0 bridgehead atoms. The number of hydrogen-bond donors (Lipinski definition) is 2. The summed E-state index contributed by atoms with van der Waals surface area (Å²) in [5, 5.41) is 12.7. The van der Waals surface area contributed by atoms with Crippen molar-refractivity contribution in [2.45, 2.75) is 38.3 Å². The van der Waals surface area contributed by atoms with Crippen LogP contribution >= 0.6 is 11.6 Å². The van der Waals surface area contributed by atoms with E-state index in [0.717, 1.165) is 18.4 Å². The molecule has 1 saturated heterocycles. The topological polar surface area (TPSA) is 69.6 Å². The molecule has 2 unspecified atom stereocenters. The Kier molecular flexibility index (Phi) is 5.80. The van der Waals surface area contributed by atoms with Gasteiger partial charge in [0, 0.05) is 5.02 Å². The number of likely N-dealkylation sites (tertiary alicyclic amines) is 1. The lowest BCUT2D eigenvalue weighted by Crippen LogP contribution is -2.49. The fourth-order valence-corrected chi connectivity index (χ4v) is 3.13. The number of benzene rings is 1. The summed E-state index contributed by atoms with van der Waals surface area (Å²) in [7, 11) is 0. The van der Waals surface area contributed by atoms with Crippen LogP contribution in [-0.2, 0) is 9.59 Å².